The molecule has 1 N–H and O–H groups in total. The number of halogens is 1. The van der Waals surface area contributed by atoms with Crippen molar-refractivity contribution in [2.24, 2.45) is 0 Å². The maximum absolute atomic E-state index is 12.5. The van der Waals surface area contributed by atoms with E-state index in [1.165, 1.54) is 0 Å². The molecule has 3 aromatic heterocycles. The number of hydrogen-bond acceptors (Lipinski definition) is 3. The molecule has 0 spiro atoms. The van der Waals surface area contributed by atoms with Crippen LogP contribution in [0.25, 0.3) is 16.6 Å². The molecular weight excluding hydrogens is 312 g/mol. The van der Waals surface area contributed by atoms with Crippen LogP contribution in [0, 0.1) is 0 Å². The Balaban J connectivity index is 1.70. The number of anilines is 1. The number of nitrogens with zero attached hydrogens (tertiary/aromatic N) is 3. The summed E-state index contributed by atoms with van der Waals surface area (Å²) in [5.41, 5.74) is 2.52. The Kier molecular flexibility index (Phi) is 3.20. The van der Waals surface area contributed by atoms with Gasteiger partial charge < -0.3 is 9.72 Å². The highest BCUT2D eigenvalue weighted by molar-refractivity contribution is 6.30. The summed E-state index contributed by atoms with van der Waals surface area (Å²) >= 11 is 5.95. The first-order chi connectivity index (χ1) is 11.2. The quantitative estimate of drug-likeness (QED) is 0.611. The maximum Gasteiger partial charge on any atom is 0.275 e. The summed E-state index contributed by atoms with van der Waals surface area (Å²) in [5.74, 6) is -0.277. The molecular formula is C17H11ClN4O. The molecule has 4 aromatic rings. The fourth-order valence-electron chi connectivity index (χ4n) is 2.47. The second-order valence-electron chi connectivity index (χ2n) is 5.07. The third-order valence-electron chi connectivity index (χ3n) is 3.54. The Morgan fingerprint density at radius 2 is 2.00 bits per heavy atom. The number of hydrogen-bond donors (Lipinski definition) is 1. The maximum atomic E-state index is 12.5. The molecule has 0 aliphatic rings. The van der Waals surface area contributed by atoms with Crippen molar-refractivity contribution in [3.05, 3.63) is 71.8 Å². The van der Waals surface area contributed by atoms with Gasteiger partial charge in [0.25, 0.3) is 5.91 Å². The molecule has 0 saturated heterocycles. The van der Waals surface area contributed by atoms with Crippen LogP contribution in [0.1, 0.15) is 10.5 Å². The molecule has 4 rings (SSSR count). The number of nitrogens with one attached hydrogen (secondary N) is 1. The van der Waals surface area contributed by atoms with Gasteiger partial charge in [-0.05, 0) is 36.4 Å². The Morgan fingerprint density at radius 3 is 2.91 bits per heavy atom. The molecule has 0 aliphatic carbocycles. The summed E-state index contributed by atoms with van der Waals surface area (Å²) in [7, 11) is 0. The van der Waals surface area contributed by atoms with Gasteiger partial charge >= 0.3 is 0 Å². The molecule has 112 valence electrons. The molecule has 0 fully saturated rings. The van der Waals surface area contributed by atoms with Gasteiger partial charge in [0.2, 0.25) is 0 Å². The van der Waals surface area contributed by atoms with E-state index in [0.717, 1.165) is 10.9 Å². The molecule has 1 aromatic carbocycles. The molecule has 0 saturated carbocycles. The number of fused-ring (bicyclic) bond motifs is 2. The van der Waals surface area contributed by atoms with Crippen molar-refractivity contribution in [3.8, 4) is 0 Å². The van der Waals surface area contributed by atoms with Crippen LogP contribution in [0.2, 0.25) is 5.02 Å². The zero-order valence-corrected chi connectivity index (χ0v) is 12.7. The van der Waals surface area contributed by atoms with Crippen molar-refractivity contribution in [1.82, 2.24) is 14.4 Å². The summed E-state index contributed by atoms with van der Waals surface area (Å²) < 4.78 is 1.72. The van der Waals surface area contributed by atoms with Crippen molar-refractivity contribution < 1.29 is 4.79 Å². The second kappa shape index (κ2) is 5.37. The van der Waals surface area contributed by atoms with Crippen molar-refractivity contribution in [1.29, 1.82) is 0 Å². The molecule has 0 aliphatic heterocycles. The van der Waals surface area contributed by atoms with E-state index in [1.807, 2.05) is 30.3 Å². The first-order valence-electron chi connectivity index (χ1n) is 7.00. The summed E-state index contributed by atoms with van der Waals surface area (Å²) in [5, 5.41) is 4.36. The minimum Gasteiger partial charge on any atom is -0.320 e. The third-order valence-corrected chi connectivity index (χ3v) is 3.77. The second-order valence-corrected chi connectivity index (χ2v) is 5.51. The SMILES string of the molecule is O=C(Nc1cccc2ncccc12)c1cn2cc(Cl)ccc2n1. The number of aromatic nitrogens is 3. The lowest BCUT2D eigenvalue weighted by Crippen LogP contribution is -2.12. The summed E-state index contributed by atoms with van der Waals surface area (Å²) in [6.07, 6.45) is 5.09. The molecule has 0 radical (unpaired) electrons. The molecule has 0 atom stereocenters. The topological polar surface area (TPSA) is 59.3 Å². The lowest BCUT2D eigenvalue weighted by molar-refractivity contribution is 0.102. The van der Waals surface area contributed by atoms with Crippen molar-refractivity contribution in [3.63, 3.8) is 0 Å². The highest BCUT2D eigenvalue weighted by Crippen LogP contribution is 2.22. The highest BCUT2D eigenvalue weighted by Gasteiger charge is 2.12. The number of imidazole rings is 1. The first-order valence-corrected chi connectivity index (χ1v) is 7.38. The van der Waals surface area contributed by atoms with E-state index in [2.05, 4.69) is 15.3 Å². The van der Waals surface area contributed by atoms with Gasteiger partial charge in [-0.2, -0.15) is 0 Å². The number of pyridine rings is 2. The van der Waals surface area contributed by atoms with Gasteiger partial charge in [-0.3, -0.25) is 9.78 Å². The minimum absolute atomic E-state index is 0.277. The number of carbonyl (C=O) groups excluding carboxylic acids is 1. The molecule has 1 amide bonds. The zero-order valence-electron chi connectivity index (χ0n) is 11.9. The monoisotopic (exact) mass is 322 g/mol. The third kappa shape index (κ3) is 2.51. The van der Waals surface area contributed by atoms with E-state index in [-0.39, 0.29) is 5.91 Å². The molecule has 3 heterocycles. The molecule has 0 bridgehead atoms. The number of carbonyl (C=O) groups is 1. The van der Waals surface area contributed by atoms with E-state index >= 15 is 0 Å². The van der Waals surface area contributed by atoms with E-state index in [0.29, 0.717) is 22.1 Å². The number of amides is 1. The predicted molar refractivity (Wildman–Crippen MR) is 89.9 cm³/mol. The average Bonchev–Trinajstić information content (AvgIpc) is 2.98. The lowest BCUT2D eigenvalue weighted by Gasteiger charge is -2.06. The minimum atomic E-state index is -0.277. The van der Waals surface area contributed by atoms with Gasteiger partial charge in [0.15, 0.2) is 0 Å². The highest BCUT2D eigenvalue weighted by atomic mass is 35.5. The van der Waals surface area contributed by atoms with E-state index in [1.54, 1.807) is 35.1 Å². The molecule has 0 unspecified atom stereocenters. The van der Waals surface area contributed by atoms with Crippen molar-refractivity contribution >= 4 is 39.7 Å². The largest absolute Gasteiger partial charge is 0.320 e. The van der Waals surface area contributed by atoms with Crippen LogP contribution in [0.15, 0.2) is 61.1 Å². The normalized spacial score (nSPS) is 11.0. The Morgan fingerprint density at radius 1 is 1.09 bits per heavy atom. The van der Waals surface area contributed by atoms with Gasteiger partial charge in [0, 0.05) is 24.0 Å². The van der Waals surface area contributed by atoms with Crippen LogP contribution < -0.4 is 5.32 Å². The molecule has 6 heteroatoms. The van der Waals surface area contributed by atoms with Gasteiger partial charge in [0.1, 0.15) is 11.3 Å². The number of rotatable bonds is 2. The standard InChI is InChI=1S/C17H11ClN4O/c18-11-6-7-16-20-15(10-22(16)9-11)17(23)21-14-5-1-4-13-12(14)3-2-8-19-13/h1-10H,(H,21,23). The van der Waals surface area contributed by atoms with Crippen molar-refractivity contribution in [2.45, 2.75) is 0 Å². The summed E-state index contributed by atoms with van der Waals surface area (Å²) in [6, 6.07) is 12.9. The van der Waals surface area contributed by atoms with Gasteiger partial charge in [-0.15, -0.1) is 0 Å². The lowest BCUT2D eigenvalue weighted by atomic mass is 10.2. The number of benzene rings is 1. The van der Waals surface area contributed by atoms with Crippen LogP contribution in [0.4, 0.5) is 5.69 Å². The molecule has 5 nitrogen and oxygen atoms in total. The summed E-state index contributed by atoms with van der Waals surface area (Å²) in [6.45, 7) is 0. The fourth-order valence-corrected chi connectivity index (χ4v) is 2.64. The Bertz CT molecular complexity index is 1040. The van der Waals surface area contributed by atoms with E-state index < -0.39 is 0 Å². The van der Waals surface area contributed by atoms with E-state index in [4.69, 9.17) is 11.6 Å². The van der Waals surface area contributed by atoms with Gasteiger partial charge in [-0.25, -0.2) is 4.98 Å². The smallest absolute Gasteiger partial charge is 0.275 e. The fraction of sp³-hybridized carbons (Fsp3) is 0. The Labute approximate surface area is 136 Å². The van der Waals surface area contributed by atoms with Crippen LogP contribution in [0.5, 0.6) is 0 Å². The summed E-state index contributed by atoms with van der Waals surface area (Å²) in [4.78, 5) is 21.1. The van der Waals surface area contributed by atoms with Crippen LogP contribution in [-0.4, -0.2) is 20.3 Å². The average molecular weight is 323 g/mol. The predicted octanol–water partition coefficient (Wildman–Crippen LogP) is 3.79. The van der Waals surface area contributed by atoms with Gasteiger partial charge in [-0.1, -0.05) is 17.7 Å². The van der Waals surface area contributed by atoms with Crippen molar-refractivity contribution in [2.75, 3.05) is 5.32 Å². The first kappa shape index (κ1) is 13.7. The van der Waals surface area contributed by atoms with Crippen LogP contribution >= 0.6 is 11.6 Å². The van der Waals surface area contributed by atoms with Crippen LogP contribution in [0.3, 0.4) is 0 Å². The Hall–Kier alpha value is -2.92. The molecule has 23 heavy (non-hydrogen) atoms. The zero-order chi connectivity index (χ0) is 15.8. The van der Waals surface area contributed by atoms with Gasteiger partial charge in [0.05, 0.1) is 16.2 Å². The van der Waals surface area contributed by atoms with Crippen LogP contribution in [-0.2, 0) is 0 Å². The van der Waals surface area contributed by atoms with E-state index in [9.17, 15) is 4.79 Å².